The third-order valence-corrected chi connectivity index (χ3v) is 3.90. The number of hydrogen-bond acceptors (Lipinski definition) is 3. The van der Waals surface area contributed by atoms with Crippen molar-refractivity contribution in [2.45, 2.75) is 51.5 Å². The highest BCUT2D eigenvalue weighted by Gasteiger charge is 2.13. The fourth-order valence-electron chi connectivity index (χ4n) is 2.76. The van der Waals surface area contributed by atoms with E-state index in [2.05, 4.69) is 24.4 Å². The van der Waals surface area contributed by atoms with Crippen molar-refractivity contribution in [1.29, 1.82) is 0 Å². The predicted molar refractivity (Wildman–Crippen MR) is 90.0 cm³/mol. The summed E-state index contributed by atoms with van der Waals surface area (Å²) in [5.41, 5.74) is 1.31. The SMILES string of the molecule is CCCc1ccc(OCCC2CCCCN2)c(OC)c1.Cl. The van der Waals surface area contributed by atoms with Crippen LogP contribution in [0.5, 0.6) is 11.5 Å². The molecule has 0 aromatic heterocycles. The van der Waals surface area contributed by atoms with Crippen LogP contribution in [-0.4, -0.2) is 26.3 Å². The maximum atomic E-state index is 5.90. The molecule has 1 fully saturated rings. The molecule has 0 radical (unpaired) electrons. The van der Waals surface area contributed by atoms with Gasteiger partial charge in [-0.1, -0.05) is 25.8 Å². The molecular weight excluding hydrogens is 286 g/mol. The molecule has 0 aliphatic carbocycles. The fraction of sp³-hybridized carbons (Fsp3) is 0.647. The maximum Gasteiger partial charge on any atom is 0.161 e. The Labute approximate surface area is 134 Å². The van der Waals surface area contributed by atoms with Crippen molar-refractivity contribution < 1.29 is 9.47 Å². The highest BCUT2D eigenvalue weighted by atomic mass is 35.5. The molecule has 1 aliphatic heterocycles. The number of ether oxygens (including phenoxy) is 2. The Hall–Kier alpha value is -0.930. The van der Waals surface area contributed by atoms with Crippen molar-refractivity contribution in [3.63, 3.8) is 0 Å². The lowest BCUT2D eigenvalue weighted by Gasteiger charge is -2.23. The van der Waals surface area contributed by atoms with Gasteiger partial charge in [-0.15, -0.1) is 12.4 Å². The smallest absolute Gasteiger partial charge is 0.161 e. The van der Waals surface area contributed by atoms with Crippen molar-refractivity contribution in [2.24, 2.45) is 0 Å². The van der Waals surface area contributed by atoms with E-state index in [1.807, 2.05) is 6.07 Å². The Morgan fingerprint density at radius 2 is 2.10 bits per heavy atom. The highest BCUT2D eigenvalue weighted by Crippen LogP contribution is 2.28. The zero-order chi connectivity index (χ0) is 14.2. The second-order valence-electron chi connectivity index (χ2n) is 5.52. The van der Waals surface area contributed by atoms with Gasteiger partial charge in [0.2, 0.25) is 0 Å². The van der Waals surface area contributed by atoms with Crippen molar-refractivity contribution in [3.8, 4) is 11.5 Å². The molecule has 1 aromatic carbocycles. The number of benzene rings is 1. The largest absolute Gasteiger partial charge is 0.493 e. The van der Waals surface area contributed by atoms with E-state index in [0.29, 0.717) is 6.04 Å². The minimum Gasteiger partial charge on any atom is -0.493 e. The van der Waals surface area contributed by atoms with Crippen LogP contribution in [0.3, 0.4) is 0 Å². The maximum absolute atomic E-state index is 5.90. The van der Waals surface area contributed by atoms with E-state index in [4.69, 9.17) is 9.47 Å². The highest BCUT2D eigenvalue weighted by molar-refractivity contribution is 5.85. The second kappa shape index (κ2) is 9.91. The van der Waals surface area contributed by atoms with Crippen LogP contribution in [0.25, 0.3) is 0 Å². The molecule has 1 saturated heterocycles. The van der Waals surface area contributed by atoms with Crippen molar-refractivity contribution in [1.82, 2.24) is 5.32 Å². The Morgan fingerprint density at radius 3 is 2.76 bits per heavy atom. The molecule has 2 rings (SSSR count). The number of nitrogens with one attached hydrogen (secondary N) is 1. The normalized spacial score (nSPS) is 17.9. The lowest BCUT2D eigenvalue weighted by Crippen LogP contribution is -2.35. The van der Waals surface area contributed by atoms with Gasteiger partial charge in [0.1, 0.15) is 0 Å². The topological polar surface area (TPSA) is 30.5 Å². The van der Waals surface area contributed by atoms with Gasteiger partial charge < -0.3 is 14.8 Å². The Bertz CT molecular complexity index is 406. The summed E-state index contributed by atoms with van der Waals surface area (Å²) in [6, 6.07) is 6.89. The predicted octanol–water partition coefficient (Wildman–Crippen LogP) is 3.98. The van der Waals surface area contributed by atoms with Gasteiger partial charge in [0.25, 0.3) is 0 Å². The van der Waals surface area contributed by atoms with Gasteiger partial charge in [-0.05, 0) is 49.9 Å². The first-order valence-electron chi connectivity index (χ1n) is 7.86. The Kier molecular flexibility index (Phi) is 8.55. The Morgan fingerprint density at radius 1 is 1.24 bits per heavy atom. The Balaban J connectivity index is 0.00000220. The molecular formula is C17H28ClNO2. The summed E-state index contributed by atoms with van der Waals surface area (Å²) in [4.78, 5) is 0. The molecule has 1 aliphatic rings. The van der Waals surface area contributed by atoms with Crippen LogP contribution in [0.4, 0.5) is 0 Å². The van der Waals surface area contributed by atoms with Crippen LogP contribution in [0.15, 0.2) is 18.2 Å². The van der Waals surface area contributed by atoms with Crippen molar-refractivity contribution in [2.75, 3.05) is 20.3 Å². The number of halogens is 1. The molecule has 21 heavy (non-hydrogen) atoms. The molecule has 1 aromatic rings. The number of aryl methyl sites for hydroxylation is 1. The monoisotopic (exact) mass is 313 g/mol. The van der Waals surface area contributed by atoms with Gasteiger partial charge in [0, 0.05) is 6.04 Å². The van der Waals surface area contributed by atoms with Crippen LogP contribution in [0.1, 0.15) is 44.6 Å². The quantitative estimate of drug-likeness (QED) is 0.826. The van der Waals surface area contributed by atoms with Gasteiger partial charge in [0.05, 0.1) is 13.7 Å². The molecule has 0 bridgehead atoms. The van der Waals surface area contributed by atoms with Crippen molar-refractivity contribution >= 4 is 12.4 Å². The van der Waals surface area contributed by atoms with Gasteiger partial charge in [-0.2, -0.15) is 0 Å². The lowest BCUT2D eigenvalue weighted by atomic mass is 10.0. The van der Waals surface area contributed by atoms with E-state index in [0.717, 1.165) is 43.9 Å². The molecule has 3 nitrogen and oxygen atoms in total. The number of rotatable bonds is 7. The summed E-state index contributed by atoms with van der Waals surface area (Å²) in [6.45, 7) is 4.09. The van der Waals surface area contributed by atoms with E-state index in [9.17, 15) is 0 Å². The molecule has 0 amide bonds. The summed E-state index contributed by atoms with van der Waals surface area (Å²) in [7, 11) is 1.71. The van der Waals surface area contributed by atoms with Crippen LogP contribution in [0, 0.1) is 0 Å². The summed E-state index contributed by atoms with van der Waals surface area (Å²) in [6.07, 6.45) is 7.23. The molecule has 1 atom stereocenters. The second-order valence-corrected chi connectivity index (χ2v) is 5.52. The van der Waals surface area contributed by atoms with Crippen molar-refractivity contribution in [3.05, 3.63) is 23.8 Å². The molecule has 0 spiro atoms. The van der Waals surface area contributed by atoms with E-state index < -0.39 is 0 Å². The van der Waals surface area contributed by atoms with Gasteiger partial charge in [0.15, 0.2) is 11.5 Å². The average Bonchev–Trinajstić information content (AvgIpc) is 2.50. The average molecular weight is 314 g/mol. The summed E-state index contributed by atoms with van der Waals surface area (Å²) in [5.74, 6) is 1.72. The number of hydrogen-bond donors (Lipinski definition) is 1. The summed E-state index contributed by atoms with van der Waals surface area (Å²) in [5, 5.41) is 3.55. The zero-order valence-corrected chi connectivity index (χ0v) is 14.0. The molecule has 1 N–H and O–H groups in total. The van der Waals surface area contributed by atoms with Gasteiger partial charge >= 0.3 is 0 Å². The van der Waals surface area contributed by atoms with Gasteiger partial charge in [-0.25, -0.2) is 0 Å². The number of methoxy groups -OCH3 is 1. The standard InChI is InChI=1S/C17H27NO2.ClH/c1-3-6-14-8-9-16(17(13-14)19-2)20-12-10-15-7-4-5-11-18-15;/h8-9,13,15,18H,3-7,10-12H2,1-2H3;1H. The lowest BCUT2D eigenvalue weighted by molar-refractivity contribution is 0.257. The molecule has 1 heterocycles. The summed E-state index contributed by atoms with van der Waals surface area (Å²) < 4.78 is 11.3. The van der Waals surface area contributed by atoms with E-state index in [-0.39, 0.29) is 12.4 Å². The third kappa shape index (κ3) is 5.76. The molecule has 120 valence electrons. The first kappa shape index (κ1) is 18.1. The molecule has 0 saturated carbocycles. The van der Waals surface area contributed by atoms with Gasteiger partial charge in [-0.3, -0.25) is 0 Å². The molecule has 1 unspecified atom stereocenters. The van der Waals surface area contributed by atoms with E-state index in [1.54, 1.807) is 7.11 Å². The third-order valence-electron chi connectivity index (χ3n) is 3.90. The van der Waals surface area contributed by atoms with E-state index >= 15 is 0 Å². The first-order chi connectivity index (χ1) is 9.83. The minimum absolute atomic E-state index is 0. The van der Waals surface area contributed by atoms with Crippen LogP contribution in [-0.2, 0) is 6.42 Å². The van der Waals surface area contributed by atoms with E-state index in [1.165, 1.54) is 24.8 Å². The number of piperidine rings is 1. The summed E-state index contributed by atoms with van der Waals surface area (Å²) >= 11 is 0. The minimum atomic E-state index is 0. The zero-order valence-electron chi connectivity index (χ0n) is 13.2. The van der Waals surface area contributed by atoms with Crippen LogP contribution in [0.2, 0.25) is 0 Å². The first-order valence-corrected chi connectivity index (χ1v) is 7.86. The fourth-order valence-corrected chi connectivity index (χ4v) is 2.76. The van der Waals surface area contributed by atoms with Crippen LogP contribution >= 0.6 is 12.4 Å². The molecule has 4 heteroatoms. The van der Waals surface area contributed by atoms with Crippen LogP contribution < -0.4 is 14.8 Å².